The smallest absolute Gasteiger partial charge is 0.111 e. The van der Waals surface area contributed by atoms with Gasteiger partial charge in [0.1, 0.15) is 5.69 Å². The molecule has 2 nitrogen and oxygen atoms in total. The second kappa shape index (κ2) is 2.36. The molecule has 0 atom stereocenters. The number of rotatable bonds is 1. The van der Waals surface area contributed by atoms with E-state index < -0.39 is 0 Å². The summed E-state index contributed by atoms with van der Waals surface area (Å²) in [6.07, 6.45) is 8.58. The molecule has 1 heterocycles. The summed E-state index contributed by atoms with van der Waals surface area (Å²) in [6, 6.07) is 0. The van der Waals surface area contributed by atoms with Crippen molar-refractivity contribution in [3.63, 3.8) is 0 Å². The molecule has 0 bridgehead atoms. The summed E-state index contributed by atoms with van der Waals surface area (Å²) in [4.78, 5) is 3.88. The van der Waals surface area contributed by atoms with Crippen LogP contribution in [0.3, 0.4) is 0 Å². The third-order valence-electron chi connectivity index (χ3n) is 1.20. The van der Waals surface area contributed by atoms with E-state index in [-0.39, 0.29) is 0 Å². The predicted molar refractivity (Wildman–Crippen MR) is 35.8 cm³/mol. The summed E-state index contributed by atoms with van der Waals surface area (Å²) in [7, 11) is 0. The van der Waals surface area contributed by atoms with Gasteiger partial charge in [-0.2, -0.15) is 0 Å². The Morgan fingerprint density at radius 2 is 2.67 bits per heavy atom. The lowest BCUT2D eigenvalue weighted by Crippen LogP contribution is -1.93. The first-order chi connectivity index (χ1) is 4.38. The van der Waals surface area contributed by atoms with Crippen LogP contribution in [-0.4, -0.2) is 9.55 Å². The average Bonchev–Trinajstić information content (AvgIpc) is 2.33. The molecule has 1 aromatic heterocycles. The minimum Gasteiger partial charge on any atom is -0.324 e. The van der Waals surface area contributed by atoms with Crippen molar-refractivity contribution in [3.05, 3.63) is 18.2 Å². The summed E-state index contributed by atoms with van der Waals surface area (Å²) in [5.74, 6) is 2.53. The van der Waals surface area contributed by atoms with Gasteiger partial charge in [0.2, 0.25) is 0 Å². The zero-order valence-corrected chi connectivity index (χ0v) is 5.33. The normalized spacial score (nSPS) is 8.89. The molecule has 0 amide bonds. The van der Waals surface area contributed by atoms with Crippen molar-refractivity contribution in [2.75, 3.05) is 0 Å². The van der Waals surface area contributed by atoms with Gasteiger partial charge in [0.25, 0.3) is 0 Å². The maximum Gasteiger partial charge on any atom is 0.111 e. The van der Waals surface area contributed by atoms with Gasteiger partial charge in [0, 0.05) is 6.54 Å². The van der Waals surface area contributed by atoms with Crippen LogP contribution in [0, 0.1) is 12.3 Å². The monoisotopic (exact) mass is 120 g/mol. The van der Waals surface area contributed by atoms with Gasteiger partial charge in [-0.05, 0) is 6.92 Å². The standard InChI is InChI=1S/C7H8N2/c1-3-7-5-8-6-9(7)4-2/h1,5-6H,4H2,2H3. The van der Waals surface area contributed by atoms with Gasteiger partial charge < -0.3 is 4.57 Å². The molecule has 1 rings (SSSR count). The van der Waals surface area contributed by atoms with Gasteiger partial charge in [0.15, 0.2) is 0 Å². The summed E-state index contributed by atoms with van der Waals surface area (Å²) in [6.45, 7) is 2.92. The van der Waals surface area contributed by atoms with E-state index in [2.05, 4.69) is 10.9 Å². The minimum atomic E-state index is 0.845. The Labute approximate surface area is 54.5 Å². The van der Waals surface area contributed by atoms with Crippen molar-refractivity contribution in [3.8, 4) is 12.3 Å². The van der Waals surface area contributed by atoms with E-state index in [1.54, 1.807) is 12.5 Å². The number of hydrogen-bond donors (Lipinski definition) is 0. The molecular weight excluding hydrogens is 112 g/mol. The average molecular weight is 120 g/mol. The molecule has 46 valence electrons. The van der Waals surface area contributed by atoms with Crippen LogP contribution in [0.5, 0.6) is 0 Å². The zero-order chi connectivity index (χ0) is 6.69. The van der Waals surface area contributed by atoms with E-state index in [0.717, 1.165) is 12.2 Å². The van der Waals surface area contributed by atoms with Crippen LogP contribution in [0.15, 0.2) is 12.5 Å². The number of hydrogen-bond acceptors (Lipinski definition) is 1. The Morgan fingerprint density at radius 3 is 3.11 bits per heavy atom. The van der Waals surface area contributed by atoms with Crippen LogP contribution < -0.4 is 0 Å². The Kier molecular flexibility index (Phi) is 1.55. The van der Waals surface area contributed by atoms with Crippen molar-refractivity contribution in [1.82, 2.24) is 9.55 Å². The van der Waals surface area contributed by atoms with Gasteiger partial charge in [-0.1, -0.05) is 5.92 Å². The number of aryl methyl sites for hydroxylation is 1. The fourth-order valence-corrected chi connectivity index (χ4v) is 0.693. The maximum absolute atomic E-state index is 5.16. The van der Waals surface area contributed by atoms with E-state index >= 15 is 0 Å². The van der Waals surface area contributed by atoms with Gasteiger partial charge >= 0.3 is 0 Å². The van der Waals surface area contributed by atoms with E-state index in [1.165, 1.54) is 0 Å². The van der Waals surface area contributed by atoms with E-state index in [9.17, 15) is 0 Å². The Bertz CT molecular complexity index is 229. The number of terminal acetylenes is 1. The fraction of sp³-hybridized carbons (Fsp3) is 0.286. The molecule has 0 fully saturated rings. The molecule has 1 aromatic rings. The highest BCUT2D eigenvalue weighted by Crippen LogP contribution is 1.94. The SMILES string of the molecule is C#Cc1cncn1CC. The molecule has 9 heavy (non-hydrogen) atoms. The van der Waals surface area contributed by atoms with Crippen molar-refractivity contribution in [1.29, 1.82) is 0 Å². The van der Waals surface area contributed by atoms with Crippen molar-refractivity contribution >= 4 is 0 Å². The van der Waals surface area contributed by atoms with E-state index in [1.807, 2.05) is 11.5 Å². The van der Waals surface area contributed by atoms with Crippen LogP contribution in [0.4, 0.5) is 0 Å². The molecule has 0 N–H and O–H groups in total. The van der Waals surface area contributed by atoms with Crippen LogP contribution in [0.25, 0.3) is 0 Å². The molecule has 2 heteroatoms. The van der Waals surface area contributed by atoms with Gasteiger partial charge in [-0.25, -0.2) is 4.98 Å². The lowest BCUT2D eigenvalue weighted by atomic mass is 10.5. The predicted octanol–water partition coefficient (Wildman–Crippen LogP) is 0.884. The Balaban J connectivity index is 3.02. The molecule has 0 aliphatic carbocycles. The van der Waals surface area contributed by atoms with Gasteiger partial charge in [-0.15, -0.1) is 6.42 Å². The first-order valence-corrected chi connectivity index (χ1v) is 2.85. The van der Waals surface area contributed by atoms with Crippen molar-refractivity contribution < 1.29 is 0 Å². The zero-order valence-electron chi connectivity index (χ0n) is 5.33. The molecule has 0 saturated carbocycles. The summed E-state index contributed by atoms with van der Waals surface area (Å²) in [5, 5.41) is 0. The topological polar surface area (TPSA) is 17.8 Å². The summed E-state index contributed by atoms with van der Waals surface area (Å²) >= 11 is 0. The molecule has 0 saturated heterocycles. The highest BCUT2D eigenvalue weighted by atomic mass is 15.0. The maximum atomic E-state index is 5.16. The molecular formula is C7H8N2. The first kappa shape index (κ1) is 5.90. The van der Waals surface area contributed by atoms with Crippen LogP contribution >= 0.6 is 0 Å². The summed E-state index contributed by atoms with van der Waals surface area (Å²) in [5.41, 5.74) is 0.845. The van der Waals surface area contributed by atoms with Crippen molar-refractivity contribution in [2.24, 2.45) is 0 Å². The third kappa shape index (κ3) is 0.945. The van der Waals surface area contributed by atoms with Gasteiger partial charge in [-0.3, -0.25) is 0 Å². The molecule has 0 aliphatic rings. The number of nitrogens with zero attached hydrogens (tertiary/aromatic N) is 2. The third-order valence-corrected chi connectivity index (χ3v) is 1.20. The summed E-state index contributed by atoms with van der Waals surface area (Å²) < 4.78 is 1.92. The van der Waals surface area contributed by atoms with E-state index in [4.69, 9.17) is 6.42 Å². The number of imidazole rings is 1. The van der Waals surface area contributed by atoms with E-state index in [0.29, 0.717) is 0 Å². The lowest BCUT2D eigenvalue weighted by Gasteiger charge is -1.94. The quantitative estimate of drug-likeness (QED) is 0.503. The Hall–Kier alpha value is -1.23. The molecule has 0 radical (unpaired) electrons. The molecule has 0 aliphatic heterocycles. The number of aromatic nitrogens is 2. The first-order valence-electron chi connectivity index (χ1n) is 2.85. The van der Waals surface area contributed by atoms with Crippen LogP contribution in [0.1, 0.15) is 12.6 Å². The molecule has 0 unspecified atom stereocenters. The van der Waals surface area contributed by atoms with Crippen molar-refractivity contribution in [2.45, 2.75) is 13.5 Å². The Morgan fingerprint density at radius 1 is 1.89 bits per heavy atom. The highest BCUT2D eigenvalue weighted by Gasteiger charge is 1.91. The fourth-order valence-electron chi connectivity index (χ4n) is 0.693. The lowest BCUT2D eigenvalue weighted by molar-refractivity contribution is 0.753. The molecule has 0 spiro atoms. The second-order valence-electron chi connectivity index (χ2n) is 1.71. The van der Waals surface area contributed by atoms with Crippen LogP contribution in [0.2, 0.25) is 0 Å². The van der Waals surface area contributed by atoms with Crippen LogP contribution in [-0.2, 0) is 6.54 Å². The molecule has 0 aromatic carbocycles. The largest absolute Gasteiger partial charge is 0.324 e. The minimum absolute atomic E-state index is 0.845. The van der Waals surface area contributed by atoms with Gasteiger partial charge in [0.05, 0.1) is 12.5 Å². The highest BCUT2D eigenvalue weighted by molar-refractivity contribution is 5.21. The second-order valence-corrected chi connectivity index (χ2v) is 1.71.